The third kappa shape index (κ3) is 2.91. The molecule has 0 aliphatic rings. The maximum atomic E-state index is 12.6. The lowest BCUT2D eigenvalue weighted by Gasteiger charge is -2.17. The summed E-state index contributed by atoms with van der Waals surface area (Å²) in [6.45, 7) is 2.14. The maximum absolute atomic E-state index is 12.6. The number of carbonyl (C=O) groups excluding carboxylic acids is 1. The van der Waals surface area contributed by atoms with E-state index < -0.39 is 11.2 Å². The van der Waals surface area contributed by atoms with Gasteiger partial charge in [0.05, 0.1) is 12.9 Å². The van der Waals surface area contributed by atoms with Crippen molar-refractivity contribution in [3.8, 4) is 0 Å². The van der Waals surface area contributed by atoms with Crippen molar-refractivity contribution in [3.05, 3.63) is 49.1 Å². The van der Waals surface area contributed by atoms with Gasteiger partial charge in [-0.05, 0) is 23.9 Å². The van der Waals surface area contributed by atoms with E-state index in [1.807, 2.05) is 18.4 Å². The van der Waals surface area contributed by atoms with Crippen molar-refractivity contribution < 1.29 is 4.79 Å². The van der Waals surface area contributed by atoms with E-state index in [2.05, 4.69) is 4.98 Å². The number of nitrogens with zero attached hydrogens (tertiary/aromatic N) is 5. The summed E-state index contributed by atoms with van der Waals surface area (Å²) in [5.74, 6) is -0.298. The highest BCUT2D eigenvalue weighted by Crippen LogP contribution is 2.17. The Bertz CT molecular complexity index is 1070. The molecule has 8 nitrogen and oxygen atoms in total. The van der Waals surface area contributed by atoms with Crippen LogP contribution >= 0.6 is 11.3 Å². The van der Waals surface area contributed by atoms with E-state index in [4.69, 9.17) is 0 Å². The Balaban J connectivity index is 1.93. The largest absolute Gasteiger partial charge is 0.339 e. The van der Waals surface area contributed by atoms with Crippen LogP contribution in [0.2, 0.25) is 0 Å². The van der Waals surface area contributed by atoms with Gasteiger partial charge in [-0.15, -0.1) is 11.3 Å². The number of aryl methyl sites for hydroxylation is 3. The SMILES string of the molecule is Cc1ccsc1CN(C)C(=O)Cn1c(=O)c2c(ncn2C)n(C)c1=O. The first-order valence-electron chi connectivity index (χ1n) is 7.69. The molecule has 0 fully saturated rings. The lowest BCUT2D eigenvalue weighted by Crippen LogP contribution is -2.43. The molecule has 3 aromatic rings. The van der Waals surface area contributed by atoms with E-state index in [1.165, 1.54) is 22.8 Å². The second-order valence-corrected chi connectivity index (χ2v) is 7.04. The normalized spacial score (nSPS) is 11.2. The van der Waals surface area contributed by atoms with Gasteiger partial charge >= 0.3 is 5.69 Å². The predicted octanol–water partition coefficient (Wildman–Crippen LogP) is 0.462. The minimum Gasteiger partial charge on any atom is -0.339 e. The van der Waals surface area contributed by atoms with E-state index in [0.29, 0.717) is 17.7 Å². The van der Waals surface area contributed by atoms with Crippen molar-refractivity contribution in [2.24, 2.45) is 14.1 Å². The van der Waals surface area contributed by atoms with Crippen molar-refractivity contribution in [2.45, 2.75) is 20.0 Å². The first-order chi connectivity index (χ1) is 11.8. The first-order valence-corrected chi connectivity index (χ1v) is 8.57. The zero-order valence-electron chi connectivity index (χ0n) is 14.5. The molecule has 0 N–H and O–H groups in total. The number of likely N-dealkylation sites (N-methyl/N-ethyl adjacent to an activating group) is 1. The molecule has 1 amide bonds. The number of amides is 1. The third-order valence-electron chi connectivity index (χ3n) is 4.27. The smallest absolute Gasteiger partial charge is 0.332 e. The minimum atomic E-state index is -0.551. The molecule has 0 radical (unpaired) electrons. The number of fused-ring (bicyclic) bond motifs is 1. The van der Waals surface area contributed by atoms with Crippen molar-refractivity contribution in [1.29, 1.82) is 0 Å². The fraction of sp³-hybridized carbons (Fsp3) is 0.375. The van der Waals surface area contributed by atoms with Gasteiger partial charge in [-0.3, -0.25) is 14.2 Å². The van der Waals surface area contributed by atoms with Crippen LogP contribution in [0.4, 0.5) is 0 Å². The number of thiophene rings is 1. The zero-order chi connectivity index (χ0) is 18.3. The highest BCUT2D eigenvalue weighted by molar-refractivity contribution is 7.10. The predicted molar refractivity (Wildman–Crippen MR) is 95.7 cm³/mol. The summed E-state index contributed by atoms with van der Waals surface area (Å²) in [7, 11) is 4.88. The Kier molecular flexibility index (Phi) is 4.34. The monoisotopic (exact) mass is 361 g/mol. The minimum absolute atomic E-state index is 0.298. The summed E-state index contributed by atoms with van der Waals surface area (Å²) in [6.07, 6.45) is 1.48. The van der Waals surface area contributed by atoms with E-state index in [-0.39, 0.29) is 12.5 Å². The summed E-state index contributed by atoms with van der Waals surface area (Å²) >= 11 is 1.58. The van der Waals surface area contributed by atoms with Gasteiger partial charge in [0.15, 0.2) is 11.2 Å². The summed E-state index contributed by atoms with van der Waals surface area (Å²) < 4.78 is 3.80. The molecule has 3 heterocycles. The maximum Gasteiger partial charge on any atom is 0.332 e. The number of hydrogen-bond acceptors (Lipinski definition) is 5. The number of aromatic nitrogens is 4. The lowest BCUT2D eigenvalue weighted by molar-refractivity contribution is -0.131. The van der Waals surface area contributed by atoms with Crippen LogP contribution in [0.1, 0.15) is 10.4 Å². The van der Waals surface area contributed by atoms with Crippen LogP contribution in [0.5, 0.6) is 0 Å². The number of rotatable bonds is 4. The molecule has 0 aliphatic heterocycles. The molecule has 0 saturated carbocycles. The fourth-order valence-corrected chi connectivity index (χ4v) is 3.62. The molecular weight excluding hydrogens is 342 g/mol. The standard InChI is InChI=1S/C16H19N5O3S/c1-10-5-6-25-11(10)7-18(2)12(22)8-21-15(23)13-14(17-9-19(13)3)20(4)16(21)24/h5-6,9H,7-8H2,1-4H3. The van der Waals surface area contributed by atoms with E-state index in [0.717, 1.165) is 15.0 Å². The Hall–Kier alpha value is -2.68. The van der Waals surface area contributed by atoms with Gasteiger partial charge in [-0.2, -0.15) is 0 Å². The van der Waals surface area contributed by atoms with Crippen LogP contribution in [0, 0.1) is 6.92 Å². The first kappa shape index (κ1) is 17.2. The van der Waals surface area contributed by atoms with Crippen LogP contribution < -0.4 is 11.2 Å². The molecule has 132 valence electrons. The highest BCUT2D eigenvalue weighted by atomic mass is 32.1. The molecule has 3 aromatic heterocycles. The van der Waals surface area contributed by atoms with Crippen molar-refractivity contribution in [3.63, 3.8) is 0 Å². The summed E-state index contributed by atoms with van der Waals surface area (Å²) in [5, 5.41) is 1.97. The molecule has 3 rings (SSSR count). The summed E-state index contributed by atoms with van der Waals surface area (Å²) in [4.78, 5) is 44.3. The molecule has 9 heteroatoms. The third-order valence-corrected chi connectivity index (χ3v) is 5.28. The van der Waals surface area contributed by atoms with Gasteiger partial charge in [0.1, 0.15) is 6.54 Å². The van der Waals surface area contributed by atoms with Gasteiger partial charge in [0.2, 0.25) is 5.91 Å². The average Bonchev–Trinajstić information content (AvgIpc) is 3.15. The van der Waals surface area contributed by atoms with Gasteiger partial charge < -0.3 is 9.47 Å². The zero-order valence-corrected chi connectivity index (χ0v) is 15.3. The number of carbonyl (C=O) groups is 1. The Labute approximate surface area is 147 Å². The Morgan fingerprint density at radius 3 is 2.68 bits per heavy atom. The van der Waals surface area contributed by atoms with Crippen molar-refractivity contribution >= 4 is 28.4 Å². The second-order valence-electron chi connectivity index (χ2n) is 6.04. The Morgan fingerprint density at radius 1 is 1.32 bits per heavy atom. The topological polar surface area (TPSA) is 82.1 Å². The molecule has 0 saturated heterocycles. The summed E-state index contributed by atoms with van der Waals surface area (Å²) in [6, 6.07) is 1.99. The summed E-state index contributed by atoms with van der Waals surface area (Å²) in [5.41, 5.74) is 0.668. The lowest BCUT2D eigenvalue weighted by atomic mass is 10.3. The molecule has 0 aromatic carbocycles. The van der Waals surface area contributed by atoms with E-state index >= 15 is 0 Å². The molecule has 0 unspecified atom stereocenters. The molecule has 25 heavy (non-hydrogen) atoms. The molecular formula is C16H19N5O3S. The van der Waals surface area contributed by atoms with Gasteiger partial charge in [0, 0.05) is 26.0 Å². The second kappa shape index (κ2) is 6.32. The van der Waals surface area contributed by atoms with Crippen molar-refractivity contribution in [2.75, 3.05) is 7.05 Å². The van der Waals surface area contributed by atoms with Crippen LogP contribution in [0.3, 0.4) is 0 Å². The number of imidazole rings is 1. The van der Waals surface area contributed by atoms with Gasteiger partial charge in [-0.1, -0.05) is 0 Å². The Morgan fingerprint density at radius 2 is 2.04 bits per heavy atom. The van der Waals surface area contributed by atoms with Gasteiger partial charge in [-0.25, -0.2) is 14.3 Å². The molecule has 0 bridgehead atoms. The molecule has 0 aliphatic carbocycles. The van der Waals surface area contributed by atoms with Crippen LogP contribution in [0.15, 0.2) is 27.4 Å². The number of hydrogen-bond donors (Lipinski definition) is 0. The highest BCUT2D eigenvalue weighted by Gasteiger charge is 2.19. The van der Waals surface area contributed by atoms with Crippen LogP contribution in [0.25, 0.3) is 11.2 Å². The van der Waals surface area contributed by atoms with E-state index in [9.17, 15) is 14.4 Å². The van der Waals surface area contributed by atoms with Crippen LogP contribution in [-0.2, 0) is 32.0 Å². The average molecular weight is 361 g/mol. The fourth-order valence-electron chi connectivity index (χ4n) is 2.66. The molecule has 0 atom stereocenters. The van der Waals surface area contributed by atoms with Crippen LogP contribution in [-0.4, -0.2) is 36.5 Å². The van der Waals surface area contributed by atoms with Gasteiger partial charge in [0.25, 0.3) is 5.56 Å². The molecule has 0 spiro atoms. The van der Waals surface area contributed by atoms with Crippen molar-refractivity contribution in [1.82, 2.24) is 23.6 Å². The quantitative estimate of drug-likeness (QED) is 0.676. The van der Waals surface area contributed by atoms with E-state index in [1.54, 1.807) is 30.0 Å².